The second-order valence-corrected chi connectivity index (χ2v) is 10.9. The highest BCUT2D eigenvalue weighted by Gasteiger charge is 2.32. The number of hydrogen-bond acceptors (Lipinski definition) is 5. The molecule has 0 radical (unpaired) electrons. The number of rotatable bonds is 8. The van der Waals surface area contributed by atoms with Crippen LogP contribution in [0.3, 0.4) is 0 Å². The highest BCUT2D eigenvalue weighted by molar-refractivity contribution is 7.89. The van der Waals surface area contributed by atoms with Crippen LogP contribution in [0.15, 0.2) is 76.4 Å². The van der Waals surface area contributed by atoms with Gasteiger partial charge in [-0.15, -0.1) is 0 Å². The van der Waals surface area contributed by atoms with E-state index in [1.54, 1.807) is 80.8 Å². The molecular weight excluding hydrogens is 498 g/mol. The van der Waals surface area contributed by atoms with Crippen molar-refractivity contribution < 1.29 is 13.2 Å². The molecule has 0 saturated heterocycles. The third kappa shape index (κ3) is 4.89. The van der Waals surface area contributed by atoms with Crippen molar-refractivity contribution in [2.75, 3.05) is 13.7 Å². The van der Waals surface area contributed by atoms with Crippen LogP contribution in [0, 0.1) is 6.92 Å². The van der Waals surface area contributed by atoms with E-state index < -0.39 is 16.1 Å². The molecule has 1 unspecified atom stereocenters. The zero-order valence-electron chi connectivity index (χ0n) is 20.6. The summed E-state index contributed by atoms with van der Waals surface area (Å²) in [5, 5.41) is 0.822. The molecule has 3 aromatic carbocycles. The Morgan fingerprint density at radius 1 is 1.06 bits per heavy atom. The van der Waals surface area contributed by atoms with Crippen LogP contribution < -0.4 is 10.3 Å². The lowest BCUT2D eigenvalue weighted by molar-refractivity contribution is 0.327. The number of methoxy groups -OCH3 is 1. The lowest BCUT2D eigenvalue weighted by atomic mass is 10.2. The van der Waals surface area contributed by atoms with Gasteiger partial charge in [0.1, 0.15) is 11.6 Å². The first-order chi connectivity index (χ1) is 17.2. The van der Waals surface area contributed by atoms with Crippen LogP contribution in [0.4, 0.5) is 0 Å². The maximum absolute atomic E-state index is 13.8. The van der Waals surface area contributed by atoms with Crippen LogP contribution in [0.25, 0.3) is 16.6 Å². The summed E-state index contributed by atoms with van der Waals surface area (Å²) in [4.78, 5) is 18.7. The first kappa shape index (κ1) is 25.9. The second kappa shape index (κ2) is 10.4. The predicted molar refractivity (Wildman–Crippen MR) is 143 cm³/mol. The van der Waals surface area contributed by atoms with Crippen LogP contribution in [0.2, 0.25) is 5.02 Å². The zero-order valence-corrected chi connectivity index (χ0v) is 22.2. The van der Waals surface area contributed by atoms with Gasteiger partial charge in [-0.05, 0) is 74.9 Å². The van der Waals surface area contributed by atoms with Crippen molar-refractivity contribution in [2.24, 2.45) is 0 Å². The van der Waals surface area contributed by atoms with Crippen molar-refractivity contribution >= 4 is 32.5 Å². The molecule has 0 N–H and O–H groups in total. The van der Waals surface area contributed by atoms with Crippen molar-refractivity contribution in [1.29, 1.82) is 0 Å². The molecule has 9 heteroatoms. The Labute approximate surface area is 216 Å². The van der Waals surface area contributed by atoms with Gasteiger partial charge in [0.05, 0.1) is 34.6 Å². The fourth-order valence-corrected chi connectivity index (χ4v) is 6.00. The molecule has 0 amide bonds. The van der Waals surface area contributed by atoms with Gasteiger partial charge in [-0.3, -0.25) is 9.36 Å². The third-order valence-corrected chi connectivity index (χ3v) is 8.28. The molecule has 0 spiro atoms. The van der Waals surface area contributed by atoms with Crippen molar-refractivity contribution in [3.8, 4) is 11.4 Å². The Kier molecular flexibility index (Phi) is 7.49. The highest BCUT2D eigenvalue weighted by atomic mass is 35.5. The van der Waals surface area contributed by atoms with Crippen molar-refractivity contribution in [3.05, 3.63) is 93.5 Å². The maximum Gasteiger partial charge on any atom is 0.266 e. The van der Waals surface area contributed by atoms with Gasteiger partial charge in [-0.25, -0.2) is 13.4 Å². The molecule has 0 bridgehead atoms. The summed E-state index contributed by atoms with van der Waals surface area (Å²) < 4.78 is 35.6. The van der Waals surface area contributed by atoms with Gasteiger partial charge >= 0.3 is 0 Å². The van der Waals surface area contributed by atoms with Gasteiger partial charge in [-0.2, -0.15) is 4.31 Å². The topological polar surface area (TPSA) is 81.5 Å². The van der Waals surface area contributed by atoms with E-state index in [-0.39, 0.29) is 17.0 Å². The molecule has 4 aromatic rings. The summed E-state index contributed by atoms with van der Waals surface area (Å²) >= 11 is 6.20. The maximum atomic E-state index is 13.8. The highest BCUT2D eigenvalue weighted by Crippen LogP contribution is 2.29. The molecule has 1 aromatic heterocycles. The Balaban J connectivity index is 1.96. The Morgan fingerprint density at radius 2 is 1.72 bits per heavy atom. The SMILES string of the molecule is CCCN(C(C)c1nc2cc(Cl)ccc2c(=O)n1-c1ccc(OC)cc1)S(=O)(=O)c1ccc(C)cc1. The zero-order chi connectivity index (χ0) is 26.0. The van der Waals surface area contributed by atoms with E-state index in [0.29, 0.717) is 39.6 Å². The summed E-state index contributed by atoms with van der Waals surface area (Å²) in [5.41, 5.74) is 1.61. The number of fused-ring (bicyclic) bond motifs is 1. The van der Waals surface area contributed by atoms with E-state index in [2.05, 4.69) is 0 Å². The summed E-state index contributed by atoms with van der Waals surface area (Å²) in [6, 6.07) is 17.9. The lowest BCUT2D eigenvalue weighted by Crippen LogP contribution is -2.38. The number of aromatic nitrogens is 2. The molecule has 0 fully saturated rings. The molecule has 1 heterocycles. The summed E-state index contributed by atoms with van der Waals surface area (Å²) in [6.45, 7) is 5.82. The minimum absolute atomic E-state index is 0.190. The number of halogens is 1. The number of ether oxygens (including phenoxy) is 1. The van der Waals surface area contributed by atoms with Crippen molar-refractivity contribution in [3.63, 3.8) is 0 Å². The van der Waals surface area contributed by atoms with Crippen LogP contribution >= 0.6 is 11.6 Å². The number of aryl methyl sites for hydroxylation is 1. The van der Waals surface area contributed by atoms with Gasteiger partial charge in [0.2, 0.25) is 10.0 Å². The third-order valence-electron chi connectivity index (χ3n) is 6.07. The molecule has 188 valence electrons. The summed E-state index contributed by atoms with van der Waals surface area (Å²) in [5.74, 6) is 0.931. The van der Waals surface area contributed by atoms with Gasteiger partial charge in [0.15, 0.2) is 0 Å². The average molecular weight is 526 g/mol. The number of benzene rings is 3. The Morgan fingerprint density at radius 3 is 2.33 bits per heavy atom. The van der Waals surface area contributed by atoms with Crippen LogP contribution in [-0.4, -0.2) is 35.9 Å². The smallest absolute Gasteiger partial charge is 0.266 e. The van der Waals surface area contributed by atoms with E-state index in [9.17, 15) is 13.2 Å². The molecule has 7 nitrogen and oxygen atoms in total. The van der Waals surface area contributed by atoms with Crippen molar-refractivity contribution in [2.45, 2.75) is 38.1 Å². The molecule has 0 aliphatic heterocycles. The minimum Gasteiger partial charge on any atom is -0.497 e. The van der Waals surface area contributed by atoms with Crippen LogP contribution in [-0.2, 0) is 10.0 Å². The number of hydrogen-bond donors (Lipinski definition) is 0. The fourth-order valence-electron chi connectivity index (χ4n) is 4.15. The Bertz CT molecular complexity index is 1550. The Hall–Kier alpha value is -3.20. The molecule has 0 saturated carbocycles. The van der Waals surface area contributed by atoms with Gasteiger partial charge < -0.3 is 4.74 Å². The summed E-state index contributed by atoms with van der Waals surface area (Å²) in [7, 11) is -2.32. The van der Waals surface area contributed by atoms with Gasteiger partial charge in [0.25, 0.3) is 5.56 Å². The first-order valence-electron chi connectivity index (χ1n) is 11.6. The predicted octanol–water partition coefficient (Wildman–Crippen LogP) is 5.52. The van der Waals surface area contributed by atoms with E-state index >= 15 is 0 Å². The van der Waals surface area contributed by atoms with Crippen molar-refractivity contribution in [1.82, 2.24) is 13.9 Å². The standard InChI is InChI=1S/C27H28ClN3O4S/c1-5-16-30(36(33,34)23-13-6-18(2)7-14-23)19(3)26-29-25-17-20(28)8-15-24(25)27(32)31(26)21-9-11-22(35-4)12-10-21/h6-15,17,19H,5,16H2,1-4H3. The lowest BCUT2D eigenvalue weighted by Gasteiger charge is -2.29. The molecule has 1 atom stereocenters. The number of nitrogens with zero attached hydrogens (tertiary/aromatic N) is 3. The molecule has 0 aliphatic carbocycles. The number of sulfonamides is 1. The van der Waals surface area contributed by atoms with Crippen LogP contribution in [0.5, 0.6) is 5.75 Å². The largest absolute Gasteiger partial charge is 0.497 e. The van der Waals surface area contributed by atoms with E-state index in [1.165, 1.54) is 8.87 Å². The summed E-state index contributed by atoms with van der Waals surface area (Å²) in [6.07, 6.45) is 0.585. The normalized spacial score (nSPS) is 12.7. The van der Waals surface area contributed by atoms with Gasteiger partial charge in [0, 0.05) is 11.6 Å². The second-order valence-electron chi connectivity index (χ2n) is 8.57. The first-order valence-corrected chi connectivity index (χ1v) is 13.4. The molecule has 4 rings (SSSR count). The van der Waals surface area contributed by atoms with E-state index in [1.807, 2.05) is 13.8 Å². The fraction of sp³-hybridized carbons (Fsp3) is 0.259. The monoisotopic (exact) mass is 525 g/mol. The van der Waals surface area contributed by atoms with E-state index in [0.717, 1.165) is 5.56 Å². The van der Waals surface area contributed by atoms with E-state index in [4.69, 9.17) is 21.3 Å². The molecule has 36 heavy (non-hydrogen) atoms. The molecular formula is C27H28ClN3O4S. The van der Waals surface area contributed by atoms with Gasteiger partial charge in [-0.1, -0.05) is 36.2 Å². The van der Waals surface area contributed by atoms with Crippen LogP contribution in [0.1, 0.15) is 37.7 Å². The quantitative estimate of drug-likeness (QED) is 0.302. The molecule has 0 aliphatic rings. The minimum atomic E-state index is -3.88. The average Bonchev–Trinajstić information content (AvgIpc) is 2.87.